The molecule has 3 rings (SSSR count). The van der Waals surface area contributed by atoms with E-state index in [2.05, 4.69) is 4.98 Å². The van der Waals surface area contributed by atoms with Crippen LogP contribution in [-0.2, 0) is 0 Å². The number of aromatic nitrogens is 1. The minimum atomic E-state index is -0.983. The summed E-state index contributed by atoms with van der Waals surface area (Å²) in [6, 6.07) is 20.5. The molecule has 0 unspecified atom stereocenters. The lowest BCUT2D eigenvalue weighted by Crippen LogP contribution is -1.96. The van der Waals surface area contributed by atoms with E-state index in [1.807, 2.05) is 66.7 Å². The number of aromatic carboxylic acids is 1. The lowest BCUT2D eigenvalue weighted by Gasteiger charge is -2.05. The lowest BCUT2D eigenvalue weighted by atomic mass is 10.1. The van der Waals surface area contributed by atoms with E-state index in [0.29, 0.717) is 5.69 Å². The molecule has 1 heterocycles. The Bertz CT molecular complexity index is 856. The number of hydrogen-bond donors (Lipinski definition) is 1. The molecule has 4 heteroatoms. The third-order valence-electron chi connectivity index (χ3n) is 3.32. The van der Waals surface area contributed by atoms with Crippen molar-refractivity contribution in [1.29, 1.82) is 0 Å². The molecule has 0 bridgehead atoms. The average molecular weight is 317 g/mol. The van der Waals surface area contributed by atoms with Gasteiger partial charge in [0.1, 0.15) is 11.5 Å². The van der Waals surface area contributed by atoms with Crippen molar-refractivity contribution in [3.8, 4) is 11.5 Å². The zero-order valence-electron chi connectivity index (χ0n) is 12.8. The maximum atomic E-state index is 10.8. The quantitative estimate of drug-likeness (QED) is 0.738. The zero-order chi connectivity index (χ0) is 16.8. The molecule has 0 radical (unpaired) electrons. The molecule has 0 atom stereocenters. The SMILES string of the molecule is O=C(O)c1ccc(C=Cc2cccc(Oc3ccccc3)c2)nc1. The van der Waals surface area contributed by atoms with Crippen molar-refractivity contribution < 1.29 is 14.6 Å². The van der Waals surface area contributed by atoms with E-state index < -0.39 is 5.97 Å². The van der Waals surface area contributed by atoms with Crippen LogP contribution in [-0.4, -0.2) is 16.1 Å². The molecule has 118 valence electrons. The highest BCUT2D eigenvalue weighted by atomic mass is 16.5. The van der Waals surface area contributed by atoms with Gasteiger partial charge < -0.3 is 9.84 Å². The number of nitrogens with zero attached hydrogens (tertiary/aromatic N) is 1. The zero-order valence-corrected chi connectivity index (χ0v) is 12.8. The highest BCUT2D eigenvalue weighted by molar-refractivity contribution is 5.87. The molecule has 0 aliphatic heterocycles. The summed E-state index contributed by atoms with van der Waals surface area (Å²) in [7, 11) is 0. The second-order valence-electron chi connectivity index (χ2n) is 5.10. The molecule has 0 saturated heterocycles. The molecule has 0 spiro atoms. The van der Waals surface area contributed by atoms with Crippen LogP contribution in [0, 0.1) is 0 Å². The second kappa shape index (κ2) is 7.24. The van der Waals surface area contributed by atoms with Crippen molar-refractivity contribution in [2.45, 2.75) is 0 Å². The molecule has 0 amide bonds. The summed E-state index contributed by atoms with van der Waals surface area (Å²) in [6.45, 7) is 0. The number of pyridine rings is 1. The van der Waals surface area contributed by atoms with Gasteiger partial charge in [0, 0.05) is 6.20 Å². The van der Waals surface area contributed by atoms with Gasteiger partial charge >= 0.3 is 5.97 Å². The van der Waals surface area contributed by atoms with Crippen molar-refractivity contribution in [2.24, 2.45) is 0 Å². The topological polar surface area (TPSA) is 59.4 Å². The molecule has 4 nitrogen and oxygen atoms in total. The van der Waals surface area contributed by atoms with E-state index in [-0.39, 0.29) is 5.56 Å². The van der Waals surface area contributed by atoms with E-state index in [0.717, 1.165) is 17.1 Å². The Morgan fingerprint density at radius 2 is 1.71 bits per heavy atom. The Kier molecular flexibility index (Phi) is 4.68. The van der Waals surface area contributed by atoms with E-state index in [4.69, 9.17) is 9.84 Å². The van der Waals surface area contributed by atoms with E-state index in [9.17, 15) is 4.79 Å². The van der Waals surface area contributed by atoms with Crippen molar-refractivity contribution in [3.63, 3.8) is 0 Å². The summed E-state index contributed by atoms with van der Waals surface area (Å²) < 4.78 is 5.80. The van der Waals surface area contributed by atoms with Crippen molar-refractivity contribution in [2.75, 3.05) is 0 Å². The standard InChI is InChI=1S/C20H15NO3/c22-20(23)16-10-12-17(21-14-16)11-9-15-5-4-8-19(13-15)24-18-6-2-1-3-7-18/h1-14H,(H,22,23). The van der Waals surface area contributed by atoms with Crippen molar-refractivity contribution >= 4 is 18.1 Å². The minimum absolute atomic E-state index is 0.172. The maximum Gasteiger partial charge on any atom is 0.337 e. The minimum Gasteiger partial charge on any atom is -0.478 e. The van der Waals surface area contributed by atoms with E-state index in [1.54, 1.807) is 6.07 Å². The van der Waals surface area contributed by atoms with Gasteiger partial charge in [0.2, 0.25) is 0 Å². The van der Waals surface area contributed by atoms with Crippen molar-refractivity contribution in [3.05, 3.63) is 89.7 Å². The Hall–Kier alpha value is -3.40. The van der Waals surface area contributed by atoms with Gasteiger partial charge in [-0.05, 0) is 48.0 Å². The molecule has 1 aromatic heterocycles. The molecule has 0 aliphatic rings. The largest absolute Gasteiger partial charge is 0.478 e. The third kappa shape index (κ3) is 4.08. The fraction of sp³-hybridized carbons (Fsp3) is 0. The van der Waals surface area contributed by atoms with Crippen LogP contribution < -0.4 is 4.74 Å². The molecule has 0 fully saturated rings. The molecule has 1 N–H and O–H groups in total. The summed E-state index contributed by atoms with van der Waals surface area (Å²) in [4.78, 5) is 14.9. The predicted octanol–water partition coefficient (Wildman–Crippen LogP) is 4.74. The number of benzene rings is 2. The van der Waals surface area contributed by atoms with Crippen LogP contribution in [0.1, 0.15) is 21.6 Å². The number of ether oxygens (including phenoxy) is 1. The van der Waals surface area contributed by atoms with Gasteiger partial charge in [0.05, 0.1) is 11.3 Å². The second-order valence-corrected chi connectivity index (χ2v) is 5.10. The number of rotatable bonds is 5. The van der Waals surface area contributed by atoms with Gasteiger partial charge in [-0.15, -0.1) is 0 Å². The highest BCUT2D eigenvalue weighted by Crippen LogP contribution is 2.22. The first-order chi connectivity index (χ1) is 11.7. The molecular weight excluding hydrogens is 302 g/mol. The predicted molar refractivity (Wildman–Crippen MR) is 93.1 cm³/mol. The molecular formula is C20H15NO3. The molecule has 2 aromatic carbocycles. The lowest BCUT2D eigenvalue weighted by molar-refractivity contribution is 0.0696. The number of carboxylic acids is 1. The monoisotopic (exact) mass is 317 g/mol. The van der Waals surface area contributed by atoms with E-state index >= 15 is 0 Å². The molecule has 3 aromatic rings. The van der Waals surface area contributed by atoms with Crippen LogP contribution in [0.15, 0.2) is 72.9 Å². The Morgan fingerprint density at radius 3 is 2.42 bits per heavy atom. The Labute approximate surface area is 139 Å². The van der Waals surface area contributed by atoms with Crippen LogP contribution in [0.3, 0.4) is 0 Å². The fourth-order valence-corrected chi connectivity index (χ4v) is 2.12. The van der Waals surface area contributed by atoms with E-state index in [1.165, 1.54) is 12.3 Å². The first kappa shape index (κ1) is 15.5. The van der Waals surface area contributed by atoms with Crippen LogP contribution in [0.25, 0.3) is 12.2 Å². The third-order valence-corrected chi connectivity index (χ3v) is 3.32. The number of hydrogen-bond acceptors (Lipinski definition) is 3. The average Bonchev–Trinajstić information content (AvgIpc) is 2.61. The van der Waals surface area contributed by atoms with Crippen LogP contribution in [0.5, 0.6) is 11.5 Å². The maximum absolute atomic E-state index is 10.8. The first-order valence-corrected chi connectivity index (χ1v) is 7.41. The molecule has 0 saturated carbocycles. The van der Waals surface area contributed by atoms with Gasteiger partial charge in [-0.2, -0.15) is 0 Å². The number of carboxylic acid groups (broad SMARTS) is 1. The smallest absolute Gasteiger partial charge is 0.337 e. The highest BCUT2D eigenvalue weighted by Gasteiger charge is 2.01. The van der Waals surface area contributed by atoms with Gasteiger partial charge in [-0.1, -0.05) is 36.4 Å². The van der Waals surface area contributed by atoms with Crippen LogP contribution in [0.4, 0.5) is 0 Å². The fourth-order valence-electron chi connectivity index (χ4n) is 2.12. The summed E-state index contributed by atoms with van der Waals surface area (Å²) in [5.74, 6) is 0.547. The van der Waals surface area contributed by atoms with Gasteiger partial charge in [0.15, 0.2) is 0 Å². The van der Waals surface area contributed by atoms with Gasteiger partial charge in [-0.3, -0.25) is 4.98 Å². The van der Waals surface area contributed by atoms with Gasteiger partial charge in [0.25, 0.3) is 0 Å². The van der Waals surface area contributed by atoms with Crippen LogP contribution >= 0.6 is 0 Å². The summed E-state index contributed by atoms with van der Waals surface area (Å²) in [5.41, 5.74) is 1.83. The first-order valence-electron chi connectivity index (χ1n) is 7.41. The number of para-hydroxylation sites is 1. The summed E-state index contributed by atoms with van der Waals surface area (Å²) in [5, 5.41) is 8.86. The summed E-state index contributed by atoms with van der Waals surface area (Å²) in [6.07, 6.45) is 5.07. The normalized spacial score (nSPS) is 10.7. The Morgan fingerprint density at radius 1 is 0.917 bits per heavy atom. The Balaban J connectivity index is 1.73. The van der Waals surface area contributed by atoms with Gasteiger partial charge in [-0.25, -0.2) is 4.79 Å². The van der Waals surface area contributed by atoms with Crippen molar-refractivity contribution in [1.82, 2.24) is 4.98 Å². The summed E-state index contributed by atoms with van der Waals surface area (Å²) >= 11 is 0. The number of carbonyl (C=O) groups is 1. The molecule has 24 heavy (non-hydrogen) atoms. The molecule has 0 aliphatic carbocycles. The van der Waals surface area contributed by atoms with Crippen LogP contribution in [0.2, 0.25) is 0 Å².